The topological polar surface area (TPSA) is 51.7 Å². The summed E-state index contributed by atoms with van der Waals surface area (Å²) in [4.78, 5) is 18.8. The van der Waals surface area contributed by atoms with Crippen LogP contribution in [0.5, 0.6) is 5.88 Å². The van der Waals surface area contributed by atoms with Crippen molar-refractivity contribution in [3.8, 4) is 5.88 Å². The van der Waals surface area contributed by atoms with Crippen molar-refractivity contribution in [3.63, 3.8) is 0 Å². The molecule has 0 spiro atoms. The maximum absolute atomic E-state index is 12.5. The Bertz CT molecular complexity index is 532. The number of likely N-dealkylation sites (tertiary alicyclic amines) is 1. The van der Waals surface area contributed by atoms with E-state index in [2.05, 4.69) is 4.98 Å². The summed E-state index contributed by atoms with van der Waals surface area (Å²) in [5.41, 5.74) is 0. The fourth-order valence-corrected chi connectivity index (χ4v) is 3.58. The number of aromatic nitrogens is 1. The van der Waals surface area contributed by atoms with Gasteiger partial charge in [0.05, 0.1) is 6.04 Å². The molecule has 4 rings (SSSR count). The average molecular weight is 302 g/mol. The maximum Gasteiger partial charge on any atom is 0.223 e. The van der Waals surface area contributed by atoms with Crippen molar-refractivity contribution in [2.75, 3.05) is 13.2 Å². The van der Waals surface area contributed by atoms with E-state index in [0.717, 1.165) is 25.8 Å². The van der Waals surface area contributed by atoms with Gasteiger partial charge in [-0.25, -0.2) is 4.98 Å². The monoisotopic (exact) mass is 302 g/mol. The summed E-state index contributed by atoms with van der Waals surface area (Å²) in [6.45, 7) is 1.48. The number of amides is 1. The molecule has 0 bridgehead atoms. The van der Waals surface area contributed by atoms with Gasteiger partial charge < -0.3 is 14.4 Å². The van der Waals surface area contributed by atoms with Crippen molar-refractivity contribution in [2.45, 2.75) is 50.4 Å². The molecule has 0 aromatic carbocycles. The van der Waals surface area contributed by atoms with Gasteiger partial charge in [0.1, 0.15) is 12.2 Å². The number of hydrogen-bond donors (Lipinski definition) is 0. The van der Waals surface area contributed by atoms with Crippen LogP contribution < -0.4 is 4.74 Å². The van der Waals surface area contributed by atoms with Gasteiger partial charge in [-0.3, -0.25) is 4.79 Å². The van der Waals surface area contributed by atoms with Crippen LogP contribution in [0.15, 0.2) is 24.4 Å². The Morgan fingerprint density at radius 3 is 3.00 bits per heavy atom. The summed E-state index contributed by atoms with van der Waals surface area (Å²) < 4.78 is 11.9. The molecular weight excluding hydrogens is 280 g/mol. The molecule has 118 valence electrons. The van der Waals surface area contributed by atoms with Gasteiger partial charge in [-0.15, -0.1) is 0 Å². The minimum Gasteiger partial charge on any atom is -0.471 e. The van der Waals surface area contributed by atoms with E-state index in [1.54, 1.807) is 6.20 Å². The summed E-state index contributed by atoms with van der Waals surface area (Å²) in [6.07, 6.45) is 6.60. The number of nitrogens with zero attached hydrogens (tertiary/aromatic N) is 2. The van der Waals surface area contributed by atoms with Crippen LogP contribution in [0, 0.1) is 5.92 Å². The van der Waals surface area contributed by atoms with Crippen molar-refractivity contribution >= 4 is 5.91 Å². The van der Waals surface area contributed by atoms with Crippen LogP contribution in [0.2, 0.25) is 0 Å². The van der Waals surface area contributed by atoms with E-state index in [-0.39, 0.29) is 18.2 Å². The number of carbonyl (C=O) groups is 1. The van der Waals surface area contributed by atoms with E-state index in [4.69, 9.17) is 9.47 Å². The van der Waals surface area contributed by atoms with Crippen LogP contribution in [0.25, 0.3) is 0 Å². The zero-order valence-corrected chi connectivity index (χ0v) is 12.7. The fraction of sp³-hybridized carbons (Fsp3) is 0.647. The highest BCUT2D eigenvalue weighted by Crippen LogP contribution is 2.36. The molecule has 0 N–H and O–H groups in total. The molecule has 5 nitrogen and oxygen atoms in total. The second kappa shape index (κ2) is 5.88. The quantitative estimate of drug-likeness (QED) is 0.854. The van der Waals surface area contributed by atoms with Crippen LogP contribution >= 0.6 is 0 Å². The Hall–Kier alpha value is -1.62. The lowest BCUT2D eigenvalue weighted by Crippen LogP contribution is -2.56. The largest absolute Gasteiger partial charge is 0.471 e. The van der Waals surface area contributed by atoms with E-state index in [9.17, 15) is 4.79 Å². The fourth-order valence-electron chi connectivity index (χ4n) is 3.58. The third kappa shape index (κ3) is 2.82. The van der Waals surface area contributed by atoms with Crippen LogP contribution in [-0.4, -0.2) is 47.2 Å². The van der Waals surface area contributed by atoms with E-state index >= 15 is 0 Å². The molecule has 3 heterocycles. The number of carbonyl (C=O) groups excluding carboxylic acids is 1. The van der Waals surface area contributed by atoms with Crippen LogP contribution in [0.4, 0.5) is 0 Å². The first kappa shape index (κ1) is 14.0. The molecule has 2 saturated heterocycles. The van der Waals surface area contributed by atoms with Crippen molar-refractivity contribution in [2.24, 2.45) is 5.92 Å². The predicted octanol–water partition coefficient (Wildman–Crippen LogP) is 2.02. The summed E-state index contributed by atoms with van der Waals surface area (Å²) in [5.74, 6) is 1.58. The Balaban J connectivity index is 1.43. The Morgan fingerprint density at radius 1 is 1.32 bits per heavy atom. The molecule has 3 fully saturated rings. The van der Waals surface area contributed by atoms with Gasteiger partial charge in [0.25, 0.3) is 0 Å². The minimum absolute atomic E-state index is 0.00706. The first-order valence-corrected chi connectivity index (χ1v) is 8.30. The van der Waals surface area contributed by atoms with Gasteiger partial charge in [-0.1, -0.05) is 6.07 Å². The molecule has 5 heteroatoms. The Morgan fingerprint density at radius 2 is 2.23 bits per heavy atom. The normalized spacial score (nSPS) is 30.9. The highest BCUT2D eigenvalue weighted by Gasteiger charge is 2.45. The molecule has 0 unspecified atom stereocenters. The first-order valence-electron chi connectivity index (χ1n) is 8.30. The van der Waals surface area contributed by atoms with Gasteiger partial charge in [0.15, 0.2) is 0 Å². The Labute approximate surface area is 130 Å². The zero-order valence-electron chi connectivity index (χ0n) is 12.7. The SMILES string of the molecule is O=C(CC1CC1)N1CC[C@@H](Oc2ccccn2)[C@H]2OCC[C@@H]21. The summed E-state index contributed by atoms with van der Waals surface area (Å²) in [5, 5.41) is 0. The van der Waals surface area contributed by atoms with Gasteiger partial charge in [0, 0.05) is 38.3 Å². The number of ether oxygens (including phenoxy) is 2. The first-order chi connectivity index (χ1) is 10.8. The van der Waals surface area contributed by atoms with Crippen LogP contribution in [-0.2, 0) is 9.53 Å². The van der Waals surface area contributed by atoms with E-state index in [1.807, 2.05) is 23.1 Å². The van der Waals surface area contributed by atoms with Crippen molar-refractivity contribution < 1.29 is 14.3 Å². The molecule has 22 heavy (non-hydrogen) atoms. The molecule has 0 radical (unpaired) electrons. The lowest BCUT2D eigenvalue weighted by atomic mass is 9.95. The summed E-state index contributed by atoms with van der Waals surface area (Å²) >= 11 is 0. The molecule has 1 amide bonds. The zero-order chi connectivity index (χ0) is 14.9. The van der Waals surface area contributed by atoms with E-state index in [0.29, 0.717) is 24.3 Å². The van der Waals surface area contributed by atoms with Crippen molar-refractivity contribution in [1.29, 1.82) is 0 Å². The lowest BCUT2D eigenvalue weighted by Gasteiger charge is -2.41. The van der Waals surface area contributed by atoms with Crippen LogP contribution in [0.1, 0.15) is 32.1 Å². The van der Waals surface area contributed by atoms with Gasteiger partial charge in [-0.2, -0.15) is 0 Å². The van der Waals surface area contributed by atoms with Crippen molar-refractivity contribution in [3.05, 3.63) is 24.4 Å². The lowest BCUT2D eigenvalue weighted by molar-refractivity contribution is -0.141. The molecule has 1 aliphatic carbocycles. The molecule has 1 aromatic rings. The minimum atomic E-state index is -0.0149. The number of pyridine rings is 1. The maximum atomic E-state index is 12.5. The van der Waals surface area contributed by atoms with E-state index in [1.165, 1.54) is 12.8 Å². The molecule has 3 atom stereocenters. The average Bonchev–Trinajstić information content (AvgIpc) is 3.21. The Kier molecular flexibility index (Phi) is 3.74. The molecule has 3 aliphatic rings. The third-order valence-electron chi connectivity index (χ3n) is 4.91. The van der Waals surface area contributed by atoms with E-state index < -0.39 is 0 Å². The summed E-state index contributed by atoms with van der Waals surface area (Å²) in [7, 11) is 0. The highest BCUT2D eigenvalue weighted by atomic mass is 16.5. The van der Waals surface area contributed by atoms with Gasteiger partial charge >= 0.3 is 0 Å². The molecule has 1 saturated carbocycles. The second-order valence-corrected chi connectivity index (χ2v) is 6.54. The molecule has 1 aromatic heterocycles. The number of piperidine rings is 1. The summed E-state index contributed by atoms with van der Waals surface area (Å²) in [6, 6.07) is 5.84. The second-order valence-electron chi connectivity index (χ2n) is 6.54. The number of hydrogen-bond acceptors (Lipinski definition) is 4. The number of fused-ring (bicyclic) bond motifs is 1. The third-order valence-corrected chi connectivity index (χ3v) is 4.91. The van der Waals surface area contributed by atoms with Crippen molar-refractivity contribution in [1.82, 2.24) is 9.88 Å². The standard InChI is InChI=1S/C17H22N2O3/c20-16(11-12-4-5-12)19-9-6-14(17-13(19)7-10-21-17)22-15-3-1-2-8-18-15/h1-3,8,12-14,17H,4-7,9-11H2/t13-,14+,17-/m0/s1. The highest BCUT2D eigenvalue weighted by molar-refractivity contribution is 5.77. The smallest absolute Gasteiger partial charge is 0.223 e. The van der Waals surface area contributed by atoms with Gasteiger partial charge in [-0.05, 0) is 31.2 Å². The van der Waals surface area contributed by atoms with Crippen LogP contribution in [0.3, 0.4) is 0 Å². The van der Waals surface area contributed by atoms with Gasteiger partial charge in [0.2, 0.25) is 11.8 Å². The predicted molar refractivity (Wildman–Crippen MR) is 80.5 cm³/mol. The molecular formula is C17H22N2O3. The molecule has 2 aliphatic heterocycles. The number of rotatable bonds is 4.